The summed E-state index contributed by atoms with van der Waals surface area (Å²) in [5.41, 5.74) is 3.73. The Morgan fingerprint density at radius 3 is 2.59 bits per heavy atom. The monoisotopic (exact) mass is 434 g/mol. The Labute approximate surface area is 192 Å². The second-order valence-electron chi connectivity index (χ2n) is 10.8. The molecule has 32 heavy (non-hydrogen) atoms. The molecule has 172 valence electrons. The molecule has 3 aliphatic carbocycles. The van der Waals surface area contributed by atoms with Crippen molar-refractivity contribution >= 4 is 11.8 Å². The summed E-state index contributed by atoms with van der Waals surface area (Å²) < 4.78 is 0. The zero-order valence-electron chi connectivity index (χ0n) is 19.5. The van der Waals surface area contributed by atoms with Gasteiger partial charge in [0.2, 0.25) is 0 Å². The van der Waals surface area contributed by atoms with Gasteiger partial charge in [0.1, 0.15) is 0 Å². The Morgan fingerprint density at radius 1 is 0.969 bits per heavy atom. The Kier molecular flexibility index (Phi) is 6.24. The van der Waals surface area contributed by atoms with Crippen LogP contribution in [-0.2, 0) is 16.0 Å². The molecule has 5 rings (SSSR count). The van der Waals surface area contributed by atoms with Crippen LogP contribution in [0.2, 0.25) is 0 Å². The fraction of sp³-hybridized carbons (Fsp3) is 0.643. The first-order valence-electron chi connectivity index (χ1n) is 12.9. The first kappa shape index (κ1) is 21.9. The number of nitrogens with zero attached hydrogens (tertiary/aromatic N) is 1. The molecule has 0 radical (unpaired) electrons. The first-order valence-corrected chi connectivity index (χ1v) is 12.9. The largest absolute Gasteiger partial charge is 0.313 e. The number of unbranched alkanes of at least 4 members (excludes halogenated alkanes) is 3. The number of rotatable bonds is 8. The Balaban J connectivity index is 1.07. The number of benzene rings is 1. The number of aryl methyl sites for hydroxylation is 1. The molecule has 2 fully saturated rings. The van der Waals surface area contributed by atoms with Crippen LogP contribution in [0.15, 0.2) is 36.4 Å². The number of amides is 2. The van der Waals surface area contributed by atoms with Gasteiger partial charge in [0.25, 0.3) is 11.8 Å². The van der Waals surface area contributed by atoms with Crippen molar-refractivity contribution in [3.05, 3.63) is 47.5 Å². The number of hydrogen-bond donors (Lipinski definition) is 1. The topological polar surface area (TPSA) is 49.4 Å². The van der Waals surface area contributed by atoms with E-state index in [0.29, 0.717) is 18.0 Å². The van der Waals surface area contributed by atoms with E-state index in [0.717, 1.165) is 43.6 Å². The van der Waals surface area contributed by atoms with Gasteiger partial charge in [-0.15, -0.1) is 0 Å². The molecule has 1 N–H and O–H groups in total. The minimum Gasteiger partial charge on any atom is -0.313 e. The second-order valence-corrected chi connectivity index (χ2v) is 10.8. The molecule has 2 amide bonds. The highest BCUT2D eigenvalue weighted by atomic mass is 16.2. The normalized spacial score (nSPS) is 33.3. The van der Waals surface area contributed by atoms with Crippen molar-refractivity contribution in [3.8, 4) is 0 Å². The van der Waals surface area contributed by atoms with Gasteiger partial charge in [-0.2, -0.15) is 0 Å². The van der Waals surface area contributed by atoms with Gasteiger partial charge in [-0.1, -0.05) is 44.0 Å². The van der Waals surface area contributed by atoms with Gasteiger partial charge in [-0.3, -0.25) is 14.5 Å². The highest BCUT2D eigenvalue weighted by molar-refractivity contribution is 6.12. The van der Waals surface area contributed by atoms with E-state index in [1.165, 1.54) is 62.0 Å². The predicted octanol–water partition coefficient (Wildman–Crippen LogP) is 4.99. The minimum atomic E-state index is -0.156. The van der Waals surface area contributed by atoms with Crippen LogP contribution in [0.25, 0.3) is 0 Å². The lowest BCUT2D eigenvalue weighted by Gasteiger charge is -2.51. The third kappa shape index (κ3) is 3.96. The van der Waals surface area contributed by atoms with Crippen molar-refractivity contribution in [2.45, 2.75) is 83.1 Å². The molecule has 0 saturated heterocycles. The Morgan fingerprint density at radius 2 is 1.75 bits per heavy atom. The summed E-state index contributed by atoms with van der Waals surface area (Å²) in [6, 6.07) is 9.88. The van der Waals surface area contributed by atoms with Gasteiger partial charge in [-0.25, -0.2) is 0 Å². The molecule has 0 unspecified atom stereocenters. The second kappa shape index (κ2) is 9.13. The number of hydrogen-bond acceptors (Lipinski definition) is 3. The number of carbonyl (C=O) groups excluding carboxylic acids is 2. The zero-order chi connectivity index (χ0) is 22.1. The number of nitrogens with one attached hydrogen (secondary N) is 1. The summed E-state index contributed by atoms with van der Waals surface area (Å²) in [4.78, 5) is 24.6. The van der Waals surface area contributed by atoms with E-state index >= 15 is 0 Å². The van der Waals surface area contributed by atoms with E-state index in [1.54, 1.807) is 11.1 Å². The quantitative estimate of drug-likeness (QED) is 0.463. The van der Waals surface area contributed by atoms with Crippen LogP contribution in [0.4, 0.5) is 0 Å². The maximum atomic E-state index is 11.6. The molecular formula is C28H38N2O2. The van der Waals surface area contributed by atoms with Crippen molar-refractivity contribution in [2.24, 2.45) is 17.3 Å². The third-order valence-electron chi connectivity index (χ3n) is 9.24. The average molecular weight is 435 g/mol. The summed E-state index contributed by atoms with van der Waals surface area (Å²) >= 11 is 0. The highest BCUT2D eigenvalue weighted by Crippen LogP contribution is 2.60. The van der Waals surface area contributed by atoms with E-state index < -0.39 is 0 Å². The van der Waals surface area contributed by atoms with Gasteiger partial charge in [0.15, 0.2) is 0 Å². The molecule has 1 aromatic carbocycles. The van der Waals surface area contributed by atoms with Crippen molar-refractivity contribution in [3.63, 3.8) is 0 Å². The van der Waals surface area contributed by atoms with Crippen LogP contribution in [-0.4, -0.2) is 35.8 Å². The van der Waals surface area contributed by atoms with E-state index in [2.05, 4.69) is 36.5 Å². The van der Waals surface area contributed by atoms with Crippen LogP contribution < -0.4 is 5.32 Å². The van der Waals surface area contributed by atoms with Crippen LogP contribution in [0.1, 0.15) is 81.8 Å². The molecular weight excluding hydrogens is 396 g/mol. The molecule has 4 heteroatoms. The molecule has 4 aliphatic rings. The molecule has 5 atom stereocenters. The van der Waals surface area contributed by atoms with Crippen LogP contribution >= 0.6 is 0 Å². The third-order valence-corrected chi connectivity index (χ3v) is 9.24. The summed E-state index contributed by atoms with van der Waals surface area (Å²) in [6.07, 6.45) is 15.2. The van der Waals surface area contributed by atoms with Crippen LogP contribution in [0.5, 0.6) is 0 Å². The zero-order valence-corrected chi connectivity index (χ0v) is 19.5. The molecule has 1 aliphatic heterocycles. The lowest BCUT2D eigenvalue weighted by molar-refractivity contribution is -0.136. The minimum absolute atomic E-state index is 0.156. The molecule has 2 saturated carbocycles. The fourth-order valence-electron chi connectivity index (χ4n) is 7.53. The van der Waals surface area contributed by atoms with Crippen molar-refractivity contribution in [1.29, 1.82) is 0 Å². The molecule has 1 heterocycles. The fourth-order valence-corrected chi connectivity index (χ4v) is 7.53. The summed E-state index contributed by atoms with van der Waals surface area (Å²) in [6.45, 7) is 4.23. The van der Waals surface area contributed by atoms with Gasteiger partial charge in [0.05, 0.1) is 0 Å². The van der Waals surface area contributed by atoms with Gasteiger partial charge < -0.3 is 5.32 Å². The van der Waals surface area contributed by atoms with Crippen molar-refractivity contribution in [1.82, 2.24) is 10.2 Å². The van der Waals surface area contributed by atoms with Crippen molar-refractivity contribution in [2.75, 3.05) is 13.1 Å². The van der Waals surface area contributed by atoms with E-state index in [9.17, 15) is 9.59 Å². The summed E-state index contributed by atoms with van der Waals surface area (Å²) in [5, 5.41) is 3.95. The lowest BCUT2D eigenvalue weighted by atomic mass is 9.55. The first-order chi connectivity index (χ1) is 15.6. The molecule has 4 nitrogen and oxygen atoms in total. The number of fused-ring (bicyclic) bond motifs is 5. The maximum absolute atomic E-state index is 11.6. The highest BCUT2D eigenvalue weighted by Gasteiger charge is 2.54. The lowest BCUT2D eigenvalue weighted by Crippen LogP contribution is -2.48. The molecule has 0 bridgehead atoms. The van der Waals surface area contributed by atoms with E-state index in [1.807, 2.05) is 0 Å². The molecule has 0 spiro atoms. The Bertz CT molecular complexity index is 875. The van der Waals surface area contributed by atoms with Gasteiger partial charge in [-0.05, 0) is 92.2 Å². The Hall–Kier alpha value is -1.94. The van der Waals surface area contributed by atoms with Crippen molar-refractivity contribution < 1.29 is 9.59 Å². The van der Waals surface area contributed by atoms with Crippen LogP contribution in [0, 0.1) is 17.3 Å². The SMILES string of the molecule is C[C@]12CC[C@@H]3c4ccccc4CC[C@H]3[C@@H]1CC[C@@H]2NCCCCCCN1C(=O)C=CC1=O. The number of carbonyl (C=O) groups is 2. The summed E-state index contributed by atoms with van der Waals surface area (Å²) in [5.74, 6) is 2.23. The van der Waals surface area contributed by atoms with Gasteiger partial charge in [0, 0.05) is 24.7 Å². The predicted molar refractivity (Wildman–Crippen MR) is 127 cm³/mol. The van der Waals surface area contributed by atoms with E-state index in [4.69, 9.17) is 0 Å². The maximum Gasteiger partial charge on any atom is 0.253 e. The molecule has 1 aromatic rings. The van der Waals surface area contributed by atoms with E-state index in [-0.39, 0.29) is 11.8 Å². The molecule has 0 aromatic heterocycles. The van der Waals surface area contributed by atoms with Crippen LogP contribution in [0.3, 0.4) is 0 Å². The average Bonchev–Trinajstić information content (AvgIpc) is 3.31. The number of imide groups is 1. The standard InChI is InChI=1S/C28H38N2O2/c1-28-17-16-22-21-9-5-4-8-20(21)10-11-23(22)24(28)12-13-25(28)29-18-6-2-3-7-19-30-26(31)14-15-27(30)32/h4-5,8-9,14-15,22-25,29H,2-3,6-7,10-13,16-19H2,1H3/t22-,23-,24+,25+,28+/m1/s1. The van der Waals surface area contributed by atoms with Gasteiger partial charge >= 0.3 is 0 Å². The smallest absolute Gasteiger partial charge is 0.253 e. The summed E-state index contributed by atoms with van der Waals surface area (Å²) in [7, 11) is 0.